The van der Waals surface area contributed by atoms with Gasteiger partial charge >= 0.3 is 5.97 Å². The van der Waals surface area contributed by atoms with E-state index >= 15 is 0 Å². The predicted octanol–water partition coefficient (Wildman–Crippen LogP) is 1.96. The van der Waals surface area contributed by atoms with Crippen molar-refractivity contribution in [1.29, 1.82) is 0 Å². The molecule has 7 heteroatoms. The maximum absolute atomic E-state index is 11.2. The summed E-state index contributed by atoms with van der Waals surface area (Å²) in [6.07, 6.45) is 1.61. The van der Waals surface area contributed by atoms with Crippen LogP contribution in [0, 0.1) is 0 Å². The van der Waals surface area contributed by atoms with E-state index in [0.29, 0.717) is 18.8 Å². The molecule has 0 aliphatic rings. The van der Waals surface area contributed by atoms with E-state index in [1.54, 1.807) is 30.3 Å². The van der Waals surface area contributed by atoms with Crippen molar-refractivity contribution in [3.8, 4) is 11.4 Å². The Morgan fingerprint density at radius 2 is 2.14 bits per heavy atom. The topological polar surface area (TPSA) is 89.3 Å². The zero-order valence-corrected chi connectivity index (χ0v) is 11.6. The van der Waals surface area contributed by atoms with Crippen LogP contribution in [0.3, 0.4) is 0 Å². The Kier molecular flexibility index (Phi) is 4.55. The van der Waals surface area contributed by atoms with Crippen molar-refractivity contribution in [1.82, 2.24) is 15.0 Å². The number of aromatic nitrogens is 3. The van der Waals surface area contributed by atoms with Gasteiger partial charge < -0.3 is 15.2 Å². The highest BCUT2D eigenvalue weighted by molar-refractivity contribution is 5.90. The molecule has 0 spiro atoms. The molecule has 0 unspecified atom stereocenters. The summed E-state index contributed by atoms with van der Waals surface area (Å²) in [5.74, 6) is -0.202. The highest BCUT2D eigenvalue weighted by Crippen LogP contribution is 2.17. The molecule has 0 radical (unpaired) electrons. The number of carboxylic acids is 1. The third-order valence-corrected chi connectivity index (χ3v) is 2.61. The molecule has 1 aromatic carbocycles. The van der Waals surface area contributed by atoms with Crippen molar-refractivity contribution in [2.75, 3.05) is 18.5 Å². The molecule has 0 atom stereocenters. The number of hydrogen-bond donors (Lipinski definition) is 2. The Bertz CT molecular complexity index is 634. The quantitative estimate of drug-likeness (QED) is 0.757. The van der Waals surface area contributed by atoms with Crippen LogP contribution in [0.4, 0.5) is 5.82 Å². The number of ether oxygens (including phenoxy) is 1. The molecule has 1 heterocycles. The van der Waals surface area contributed by atoms with Gasteiger partial charge in [0.2, 0.25) is 5.69 Å². The van der Waals surface area contributed by atoms with E-state index in [1.165, 1.54) is 4.80 Å². The number of hydrogen-bond acceptors (Lipinski definition) is 5. The summed E-state index contributed by atoms with van der Waals surface area (Å²) in [4.78, 5) is 12.4. The SMILES string of the molecule is C=CCNc1nn(-c2ccc(OCC)cc2)nc1C(=O)O. The van der Waals surface area contributed by atoms with Gasteiger partial charge in [-0.2, -0.15) is 0 Å². The minimum atomic E-state index is -1.14. The molecule has 2 aromatic rings. The number of carbonyl (C=O) groups is 1. The van der Waals surface area contributed by atoms with E-state index in [2.05, 4.69) is 22.1 Å². The first-order valence-electron chi connectivity index (χ1n) is 6.44. The lowest BCUT2D eigenvalue weighted by Gasteiger charge is -2.03. The summed E-state index contributed by atoms with van der Waals surface area (Å²) in [7, 11) is 0. The summed E-state index contributed by atoms with van der Waals surface area (Å²) in [5.41, 5.74) is 0.512. The number of rotatable bonds is 7. The van der Waals surface area contributed by atoms with E-state index < -0.39 is 5.97 Å². The average Bonchev–Trinajstić information content (AvgIpc) is 2.90. The van der Waals surface area contributed by atoms with Crippen molar-refractivity contribution in [2.24, 2.45) is 0 Å². The van der Waals surface area contributed by atoms with E-state index in [1.807, 2.05) is 6.92 Å². The van der Waals surface area contributed by atoms with Gasteiger partial charge in [0, 0.05) is 6.54 Å². The molecule has 0 bridgehead atoms. The predicted molar refractivity (Wildman–Crippen MR) is 78.2 cm³/mol. The first-order chi connectivity index (χ1) is 10.2. The minimum absolute atomic E-state index is 0.134. The van der Waals surface area contributed by atoms with Crippen LogP contribution in [0.2, 0.25) is 0 Å². The van der Waals surface area contributed by atoms with Crippen molar-refractivity contribution < 1.29 is 14.6 Å². The van der Waals surface area contributed by atoms with Gasteiger partial charge in [-0.25, -0.2) is 4.79 Å². The van der Waals surface area contributed by atoms with Gasteiger partial charge in [0.05, 0.1) is 12.3 Å². The number of aromatic carboxylic acids is 1. The van der Waals surface area contributed by atoms with Crippen molar-refractivity contribution in [3.05, 3.63) is 42.6 Å². The summed E-state index contributed by atoms with van der Waals surface area (Å²) < 4.78 is 5.35. The van der Waals surface area contributed by atoms with E-state index in [4.69, 9.17) is 9.84 Å². The standard InChI is InChI=1S/C14H16N4O3/c1-3-9-15-13-12(14(19)20)16-18(17-13)10-5-7-11(8-6-10)21-4-2/h3,5-8H,1,4,9H2,2H3,(H,15,17)(H,19,20). The van der Waals surface area contributed by atoms with Crippen molar-refractivity contribution in [3.63, 3.8) is 0 Å². The fourth-order valence-corrected chi connectivity index (χ4v) is 1.70. The number of nitrogens with zero attached hydrogens (tertiary/aromatic N) is 3. The van der Waals surface area contributed by atoms with Crippen LogP contribution in [0.5, 0.6) is 5.75 Å². The zero-order chi connectivity index (χ0) is 15.2. The summed E-state index contributed by atoms with van der Waals surface area (Å²) in [6, 6.07) is 7.07. The average molecular weight is 288 g/mol. The van der Waals surface area contributed by atoms with Crippen LogP contribution in [-0.4, -0.2) is 39.2 Å². The van der Waals surface area contributed by atoms with Gasteiger partial charge in [-0.05, 0) is 31.2 Å². The Balaban J connectivity index is 2.30. The van der Waals surface area contributed by atoms with Gasteiger partial charge in [0.25, 0.3) is 0 Å². The summed E-state index contributed by atoms with van der Waals surface area (Å²) in [6.45, 7) is 6.45. The van der Waals surface area contributed by atoms with E-state index in [0.717, 1.165) is 5.75 Å². The second-order valence-corrected chi connectivity index (χ2v) is 4.09. The third kappa shape index (κ3) is 3.38. The first kappa shape index (κ1) is 14.6. The molecule has 1 aromatic heterocycles. The van der Waals surface area contributed by atoms with Crippen LogP contribution in [0.15, 0.2) is 36.9 Å². The maximum Gasteiger partial charge on any atom is 0.360 e. The minimum Gasteiger partial charge on any atom is -0.494 e. The lowest BCUT2D eigenvalue weighted by atomic mass is 10.3. The van der Waals surface area contributed by atoms with Crippen LogP contribution in [0.1, 0.15) is 17.4 Å². The smallest absolute Gasteiger partial charge is 0.360 e. The lowest BCUT2D eigenvalue weighted by molar-refractivity contribution is 0.0691. The summed E-state index contributed by atoms with van der Waals surface area (Å²) in [5, 5.41) is 20.1. The molecule has 0 amide bonds. The Labute approximate surface area is 121 Å². The highest BCUT2D eigenvalue weighted by Gasteiger charge is 2.17. The fraction of sp³-hybridized carbons (Fsp3) is 0.214. The molecule has 0 saturated heterocycles. The molecular formula is C14H16N4O3. The molecule has 110 valence electrons. The van der Waals surface area contributed by atoms with E-state index in [-0.39, 0.29) is 11.5 Å². The fourth-order valence-electron chi connectivity index (χ4n) is 1.70. The first-order valence-corrected chi connectivity index (χ1v) is 6.44. The van der Waals surface area contributed by atoms with Gasteiger partial charge in [-0.1, -0.05) is 6.08 Å². The van der Waals surface area contributed by atoms with E-state index in [9.17, 15) is 4.79 Å². The monoisotopic (exact) mass is 288 g/mol. The Hall–Kier alpha value is -2.83. The van der Waals surface area contributed by atoms with Crippen molar-refractivity contribution in [2.45, 2.75) is 6.92 Å². The molecule has 0 aliphatic heterocycles. The largest absolute Gasteiger partial charge is 0.494 e. The molecule has 7 nitrogen and oxygen atoms in total. The van der Waals surface area contributed by atoms with Crippen LogP contribution in [-0.2, 0) is 0 Å². The van der Waals surface area contributed by atoms with Crippen molar-refractivity contribution >= 4 is 11.8 Å². The number of benzene rings is 1. The number of carboxylic acid groups (broad SMARTS) is 1. The lowest BCUT2D eigenvalue weighted by Crippen LogP contribution is -2.05. The Morgan fingerprint density at radius 3 is 2.71 bits per heavy atom. The molecule has 0 aliphatic carbocycles. The van der Waals surface area contributed by atoms with Crippen LogP contribution < -0.4 is 10.1 Å². The molecule has 2 N–H and O–H groups in total. The maximum atomic E-state index is 11.2. The normalized spacial score (nSPS) is 10.1. The second-order valence-electron chi connectivity index (χ2n) is 4.09. The molecule has 0 fully saturated rings. The highest BCUT2D eigenvalue weighted by atomic mass is 16.5. The molecule has 21 heavy (non-hydrogen) atoms. The van der Waals surface area contributed by atoms with Gasteiger partial charge in [0.1, 0.15) is 5.75 Å². The molecule has 2 rings (SSSR count). The van der Waals surface area contributed by atoms with Crippen LogP contribution >= 0.6 is 0 Å². The van der Waals surface area contributed by atoms with Gasteiger partial charge in [-0.15, -0.1) is 21.6 Å². The summed E-state index contributed by atoms with van der Waals surface area (Å²) >= 11 is 0. The van der Waals surface area contributed by atoms with Gasteiger partial charge in [-0.3, -0.25) is 0 Å². The third-order valence-electron chi connectivity index (χ3n) is 2.61. The second kappa shape index (κ2) is 6.56. The number of anilines is 1. The molecular weight excluding hydrogens is 272 g/mol. The molecule has 0 saturated carbocycles. The Morgan fingerprint density at radius 1 is 1.43 bits per heavy atom. The van der Waals surface area contributed by atoms with Gasteiger partial charge in [0.15, 0.2) is 5.82 Å². The van der Waals surface area contributed by atoms with Crippen LogP contribution in [0.25, 0.3) is 5.69 Å². The number of nitrogens with one attached hydrogen (secondary N) is 1. The zero-order valence-electron chi connectivity index (χ0n) is 11.6.